The first-order valence-electron chi connectivity index (χ1n) is 7.19. The lowest BCUT2D eigenvalue weighted by molar-refractivity contribution is 0.332. The zero-order chi connectivity index (χ0) is 14.4. The van der Waals surface area contributed by atoms with Gasteiger partial charge in [-0.3, -0.25) is 0 Å². The van der Waals surface area contributed by atoms with E-state index in [4.69, 9.17) is 4.74 Å². The molecule has 0 saturated heterocycles. The summed E-state index contributed by atoms with van der Waals surface area (Å²) in [5, 5.41) is 3.41. The van der Waals surface area contributed by atoms with Crippen LogP contribution in [0.1, 0.15) is 29.7 Å². The summed E-state index contributed by atoms with van der Waals surface area (Å²) in [7, 11) is 2.01. The highest BCUT2D eigenvalue weighted by Gasteiger charge is 2.15. The predicted octanol–water partition coefficient (Wildman–Crippen LogP) is 3.90. The van der Waals surface area contributed by atoms with Crippen LogP contribution < -0.4 is 10.1 Å². The molecule has 2 aromatic rings. The first-order chi connectivity index (χ1) is 9.76. The van der Waals surface area contributed by atoms with Gasteiger partial charge in [-0.1, -0.05) is 42.5 Å². The van der Waals surface area contributed by atoms with Crippen molar-refractivity contribution in [1.82, 2.24) is 5.32 Å². The molecule has 2 rings (SSSR count). The number of rotatable bonds is 6. The van der Waals surface area contributed by atoms with Crippen molar-refractivity contribution in [2.45, 2.75) is 26.3 Å². The van der Waals surface area contributed by atoms with Gasteiger partial charge >= 0.3 is 0 Å². The average Bonchev–Trinajstić information content (AvgIpc) is 2.48. The molecule has 20 heavy (non-hydrogen) atoms. The highest BCUT2D eigenvalue weighted by atomic mass is 16.5. The van der Waals surface area contributed by atoms with Crippen molar-refractivity contribution in [3.8, 4) is 5.75 Å². The van der Waals surface area contributed by atoms with Crippen LogP contribution in [0, 0.1) is 6.92 Å². The number of likely N-dealkylation sites (N-methyl/N-ethyl adjacent to an activating group) is 1. The lowest BCUT2D eigenvalue weighted by Gasteiger charge is -2.21. The molecule has 0 fully saturated rings. The number of ether oxygens (including phenoxy) is 1. The minimum absolute atomic E-state index is 0.263. The van der Waals surface area contributed by atoms with E-state index in [0.717, 1.165) is 12.2 Å². The molecule has 0 aliphatic heterocycles. The van der Waals surface area contributed by atoms with Crippen molar-refractivity contribution >= 4 is 0 Å². The molecule has 1 atom stereocenters. The summed E-state index contributed by atoms with van der Waals surface area (Å²) in [5.74, 6) is 0.975. The molecule has 2 nitrogen and oxygen atoms in total. The Labute approximate surface area is 121 Å². The molecule has 0 heterocycles. The number of hydrogen-bond donors (Lipinski definition) is 1. The van der Waals surface area contributed by atoms with Crippen LogP contribution in [0.3, 0.4) is 0 Å². The minimum atomic E-state index is 0.263. The van der Waals surface area contributed by atoms with Crippen molar-refractivity contribution in [1.29, 1.82) is 0 Å². The maximum Gasteiger partial charge on any atom is 0.124 e. The van der Waals surface area contributed by atoms with Crippen LogP contribution >= 0.6 is 0 Å². The third kappa shape index (κ3) is 3.40. The van der Waals surface area contributed by atoms with E-state index in [1.54, 1.807) is 0 Å². The first-order valence-corrected chi connectivity index (χ1v) is 7.19. The quantitative estimate of drug-likeness (QED) is 0.859. The van der Waals surface area contributed by atoms with Crippen molar-refractivity contribution in [3.05, 3.63) is 65.2 Å². The molecular formula is C18H23NO. The highest BCUT2D eigenvalue weighted by molar-refractivity contribution is 5.38. The molecule has 2 heteroatoms. The minimum Gasteiger partial charge on any atom is -0.494 e. The highest BCUT2D eigenvalue weighted by Crippen LogP contribution is 2.28. The molecule has 0 amide bonds. The van der Waals surface area contributed by atoms with Gasteiger partial charge in [0.2, 0.25) is 0 Å². The van der Waals surface area contributed by atoms with Gasteiger partial charge in [-0.2, -0.15) is 0 Å². The van der Waals surface area contributed by atoms with Gasteiger partial charge in [0.1, 0.15) is 5.75 Å². The van der Waals surface area contributed by atoms with E-state index >= 15 is 0 Å². The fourth-order valence-corrected chi connectivity index (χ4v) is 2.48. The Morgan fingerprint density at radius 2 is 1.75 bits per heavy atom. The van der Waals surface area contributed by atoms with Crippen LogP contribution in [0.2, 0.25) is 0 Å². The van der Waals surface area contributed by atoms with Crippen LogP contribution in [-0.4, -0.2) is 13.7 Å². The second-order valence-corrected chi connectivity index (χ2v) is 4.94. The van der Waals surface area contributed by atoms with E-state index in [1.807, 2.05) is 26.1 Å². The molecule has 2 aromatic carbocycles. The number of aryl methyl sites for hydroxylation is 1. The maximum absolute atomic E-state index is 5.75. The monoisotopic (exact) mass is 269 g/mol. The molecule has 0 aliphatic carbocycles. The molecule has 0 saturated carbocycles. The predicted molar refractivity (Wildman–Crippen MR) is 84.3 cm³/mol. The molecule has 0 aromatic heterocycles. The molecule has 1 unspecified atom stereocenters. The molecule has 106 valence electrons. The Bertz CT molecular complexity index is 551. The van der Waals surface area contributed by atoms with Crippen LogP contribution in [0.15, 0.2) is 48.5 Å². The molecule has 0 bridgehead atoms. The number of hydrogen-bond acceptors (Lipinski definition) is 2. The largest absolute Gasteiger partial charge is 0.494 e. The Balaban J connectivity index is 2.27. The third-order valence-electron chi connectivity index (χ3n) is 3.63. The van der Waals surface area contributed by atoms with Crippen molar-refractivity contribution < 1.29 is 4.74 Å². The van der Waals surface area contributed by atoms with Gasteiger partial charge in [0.05, 0.1) is 6.61 Å². The maximum atomic E-state index is 5.75. The fraction of sp³-hybridized carbons (Fsp3) is 0.333. The van der Waals surface area contributed by atoms with Crippen LogP contribution in [0.4, 0.5) is 0 Å². The number of para-hydroxylation sites is 1. The van der Waals surface area contributed by atoms with Crippen molar-refractivity contribution in [2.24, 2.45) is 0 Å². The van der Waals surface area contributed by atoms with Crippen molar-refractivity contribution in [2.75, 3.05) is 13.7 Å². The first kappa shape index (κ1) is 14.6. The second kappa shape index (κ2) is 7.11. The smallest absolute Gasteiger partial charge is 0.124 e. The standard InChI is InChI=1S/C18H23NO/c1-4-20-18-12-8-7-11-16(18)17(19-3)13-15-10-6-5-9-14(15)2/h5-12,17,19H,4,13H2,1-3H3. The Morgan fingerprint density at radius 1 is 1.05 bits per heavy atom. The van der Waals surface area contributed by atoms with Gasteiger partial charge in [-0.25, -0.2) is 0 Å². The Hall–Kier alpha value is -1.80. The summed E-state index contributed by atoms with van der Waals surface area (Å²) in [6, 6.07) is 17.1. The number of benzene rings is 2. The lowest BCUT2D eigenvalue weighted by atomic mass is 9.95. The molecule has 1 N–H and O–H groups in total. The molecule has 0 spiro atoms. The van der Waals surface area contributed by atoms with Gasteiger partial charge in [0.25, 0.3) is 0 Å². The van der Waals surface area contributed by atoms with Gasteiger partial charge in [0.15, 0.2) is 0 Å². The normalized spacial score (nSPS) is 12.2. The van der Waals surface area contributed by atoms with Crippen molar-refractivity contribution in [3.63, 3.8) is 0 Å². The zero-order valence-corrected chi connectivity index (χ0v) is 12.5. The van der Waals surface area contributed by atoms with E-state index in [-0.39, 0.29) is 6.04 Å². The topological polar surface area (TPSA) is 21.3 Å². The van der Waals surface area contributed by atoms with Gasteiger partial charge < -0.3 is 10.1 Å². The van der Waals surface area contributed by atoms with Gasteiger partial charge in [-0.15, -0.1) is 0 Å². The third-order valence-corrected chi connectivity index (χ3v) is 3.63. The van der Waals surface area contributed by atoms with E-state index in [9.17, 15) is 0 Å². The summed E-state index contributed by atoms with van der Waals surface area (Å²) >= 11 is 0. The van der Waals surface area contributed by atoms with E-state index in [1.165, 1.54) is 16.7 Å². The van der Waals surface area contributed by atoms with Gasteiger partial charge in [-0.05, 0) is 44.5 Å². The Kier molecular flexibility index (Phi) is 5.19. The molecular weight excluding hydrogens is 246 g/mol. The zero-order valence-electron chi connectivity index (χ0n) is 12.5. The van der Waals surface area contributed by atoms with Crippen LogP contribution in [-0.2, 0) is 6.42 Å². The number of nitrogens with one attached hydrogen (secondary N) is 1. The van der Waals surface area contributed by atoms with Gasteiger partial charge in [0, 0.05) is 11.6 Å². The summed E-state index contributed by atoms with van der Waals surface area (Å²) in [6.07, 6.45) is 0.966. The average molecular weight is 269 g/mol. The van der Waals surface area contributed by atoms with E-state index in [0.29, 0.717) is 6.61 Å². The Morgan fingerprint density at radius 3 is 2.45 bits per heavy atom. The van der Waals surface area contributed by atoms with Crippen LogP contribution in [0.25, 0.3) is 0 Å². The summed E-state index contributed by atoms with van der Waals surface area (Å²) in [4.78, 5) is 0. The molecule has 0 radical (unpaired) electrons. The molecule has 0 aliphatic rings. The lowest BCUT2D eigenvalue weighted by Crippen LogP contribution is -2.20. The van der Waals surface area contributed by atoms with E-state index in [2.05, 4.69) is 48.6 Å². The SMILES string of the molecule is CCOc1ccccc1C(Cc1ccccc1C)NC. The van der Waals surface area contributed by atoms with Crippen LogP contribution in [0.5, 0.6) is 5.75 Å². The fourth-order valence-electron chi connectivity index (χ4n) is 2.48. The summed E-state index contributed by atoms with van der Waals surface area (Å²) in [6.45, 7) is 4.88. The van der Waals surface area contributed by atoms with E-state index < -0.39 is 0 Å². The summed E-state index contributed by atoms with van der Waals surface area (Å²) in [5.41, 5.74) is 3.93. The summed E-state index contributed by atoms with van der Waals surface area (Å²) < 4.78 is 5.75. The second-order valence-electron chi connectivity index (χ2n) is 4.94.